The van der Waals surface area contributed by atoms with Crippen molar-refractivity contribution in [3.63, 3.8) is 0 Å². The number of nitrogens with zero attached hydrogens (tertiary/aromatic N) is 6. The molecule has 0 aliphatic carbocycles. The molecule has 0 N–H and O–H groups in total. The van der Waals surface area contributed by atoms with Crippen LogP contribution in [-0.4, -0.2) is 28.9 Å². The minimum Gasteiger partial charge on any atom is -0.324 e. The highest BCUT2D eigenvalue weighted by Gasteiger charge is 2.14. The van der Waals surface area contributed by atoms with Gasteiger partial charge in [0, 0.05) is 18.6 Å². The number of fused-ring (bicyclic) bond motifs is 1. The molecule has 0 fully saturated rings. The van der Waals surface area contributed by atoms with E-state index in [2.05, 4.69) is 35.9 Å². The minimum atomic E-state index is -0.552. The van der Waals surface area contributed by atoms with E-state index >= 15 is 0 Å². The number of pyridine rings is 1. The third-order valence-electron chi connectivity index (χ3n) is 3.46. The molecule has 0 aliphatic heterocycles. The van der Waals surface area contributed by atoms with Gasteiger partial charge in [-0.1, -0.05) is 17.7 Å². The quantitative estimate of drug-likeness (QED) is 0.487. The normalized spacial score (nSPS) is 11.3. The van der Waals surface area contributed by atoms with Crippen molar-refractivity contribution in [1.29, 1.82) is 0 Å². The summed E-state index contributed by atoms with van der Waals surface area (Å²) in [5, 5.41) is 0.486. The van der Waals surface area contributed by atoms with Crippen molar-refractivity contribution in [2.45, 2.75) is 6.54 Å². The van der Waals surface area contributed by atoms with Crippen LogP contribution in [0, 0.1) is 5.95 Å². The molecule has 6 nitrogen and oxygen atoms in total. The molecule has 0 radical (unpaired) electrons. The van der Waals surface area contributed by atoms with Gasteiger partial charge >= 0.3 is 0 Å². The Labute approximate surface area is 149 Å². The van der Waals surface area contributed by atoms with E-state index in [1.165, 1.54) is 6.07 Å². The fourth-order valence-electron chi connectivity index (χ4n) is 2.42. The molecule has 4 heterocycles. The molecule has 0 spiro atoms. The molecule has 0 atom stereocenters. The van der Waals surface area contributed by atoms with Crippen LogP contribution < -0.4 is 0 Å². The van der Waals surface area contributed by atoms with E-state index in [1.54, 1.807) is 41.3 Å². The molecule has 0 saturated heterocycles. The van der Waals surface area contributed by atoms with E-state index in [4.69, 9.17) is 11.6 Å². The summed E-state index contributed by atoms with van der Waals surface area (Å²) in [6.07, 6.45) is 6.78. The zero-order chi connectivity index (χ0) is 16.7. The van der Waals surface area contributed by atoms with E-state index in [1.807, 2.05) is 4.57 Å². The molecule has 0 aromatic carbocycles. The van der Waals surface area contributed by atoms with Gasteiger partial charge in [0.25, 0.3) is 0 Å². The van der Waals surface area contributed by atoms with Crippen LogP contribution in [0.2, 0.25) is 5.15 Å². The molecule has 0 amide bonds. The summed E-state index contributed by atoms with van der Waals surface area (Å²) < 4.78 is 17.6. The Hall–Kier alpha value is -2.32. The first kappa shape index (κ1) is 15.2. The highest BCUT2D eigenvalue weighted by Crippen LogP contribution is 2.23. The fourth-order valence-corrected chi connectivity index (χ4v) is 2.96. The van der Waals surface area contributed by atoms with Crippen LogP contribution in [0.3, 0.4) is 0 Å². The van der Waals surface area contributed by atoms with Crippen LogP contribution in [-0.2, 0) is 6.54 Å². The SMILES string of the molecule is Fc1cccc(-c2nccn2Cc2nc3cnc(Br)cn3c2Cl)n1. The zero-order valence-electron chi connectivity index (χ0n) is 12.1. The van der Waals surface area contributed by atoms with Gasteiger partial charge in [-0.25, -0.2) is 19.9 Å². The van der Waals surface area contributed by atoms with Gasteiger partial charge in [0.05, 0.1) is 18.4 Å². The van der Waals surface area contributed by atoms with Gasteiger partial charge in [-0.05, 0) is 28.1 Å². The third-order valence-corrected chi connectivity index (χ3v) is 4.27. The number of halogens is 3. The van der Waals surface area contributed by atoms with Crippen molar-refractivity contribution in [2.24, 2.45) is 0 Å². The minimum absolute atomic E-state index is 0.381. The molecular formula is C15H9BrClFN6. The number of rotatable bonds is 3. The highest BCUT2D eigenvalue weighted by atomic mass is 79.9. The Morgan fingerprint density at radius 3 is 2.92 bits per heavy atom. The molecule has 4 aromatic rings. The Bertz CT molecular complexity index is 1040. The summed E-state index contributed by atoms with van der Waals surface area (Å²) in [5.74, 6) is -0.00864. The van der Waals surface area contributed by atoms with Gasteiger partial charge < -0.3 is 4.57 Å². The Balaban J connectivity index is 1.75. The molecule has 24 heavy (non-hydrogen) atoms. The maximum absolute atomic E-state index is 13.4. The maximum Gasteiger partial charge on any atom is 0.213 e. The number of hydrogen-bond acceptors (Lipinski definition) is 4. The van der Waals surface area contributed by atoms with Gasteiger partial charge in [0.1, 0.15) is 15.5 Å². The molecule has 0 aliphatic rings. The first-order valence-corrected chi connectivity index (χ1v) is 8.11. The van der Waals surface area contributed by atoms with Crippen LogP contribution >= 0.6 is 27.5 Å². The Morgan fingerprint density at radius 1 is 1.21 bits per heavy atom. The maximum atomic E-state index is 13.4. The zero-order valence-corrected chi connectivity index (χ0v) is 14.4. The average molecular weight is 408 g/mol. The van der Waals surface area contributed by atoms with Crippen molar-refractivity contribution < 1.29 is 4.39 Å². The van der Waals surface area contributed by atoms with E-state index in [0.717, 1.165) is 0 Å². The fraction of sp³-hybridized carbons (Fsp3) is 0.0667. The second kappa shape index (κ2) is 5.95. The predicted molar refractivity (Wildman–Crippen MR) is 90.2 cm³/mol. The molecule has 120 valence electrons. The average Bonchev–Trinajstić information content (AvgIpc) is 3.14. The molecule has 0 saturated carbocycles. The lowest BCUT2D eigenvalue weighted by molar-refractivity contribution is 0.584. The van der Waals surface area contributed by atoms with Crippen LogP contribution in [0.15, 0.2) is 47.6 Å². The highest BCUT2D eigenvalue weighted by molar-refractivity contribution is 9.10. The van der Waals surface area contributed by atoms with E-state index < -0.39 is 5.95 Å². The van der Waals surface area contributed by atoms with Gasteiger partial charge in [0.15, 0.2) is 11.5 Å². The number of aromatic nitrogens is 6. The molecule has 4 aromatic heterocycles. The van der Waals surface area contributed by atoms with Crippen molar-refractivity contribution in [3.05, 3.63) is 64.4 Å². The van der Waals surface area contributed by atoms with Crippen molar-refractivity contribution >= 4 is 33.2 Å². The van der Waals surface area contributed by atoms with Gasteiger partial charge in [-0.2, -0.15) is 4.39 Å². The third kappa shape index (κ3) is 2.67. The second-order valence-corrected chi connectivity index (χ2v) is 6.18. The number of imidazole rings is 2. The topological polar surface area (TPSA) is 60.9 Å². The molecule has 0 unspecified atom stereocenters. The van der Waals surface area contributed by atoms with Gasteiger partial charge in [-0.15, -0.1) is 0 Å². The summed E-state index contributed by atoms with van der Waals surface area (Å²) in [6, 6.07) is 4.59. The molecule has 0 bridgehead atoms. The first-order valence-electron chi connectivity index (χ1n) is 6.94. The van der Waals surface area contributed by atoms with Gasteiger partial charge in [0.2, 0.25) is 5.95 Å². The molecular weight excluding hydrogens is 399 g/mol. The van der Waals surface area contributed by atoms with Crippen LogP contribution in [0.4, 0.5) is 4.39 Å². The summed E-state index contributed by atoms with van der Waals surface area (Å²) in [6.45, 7) is 0.381. The standard InChI is InChI=1S/C15H9BrClFN6/c16-11-8-24-13(6-20-11)22-10(14(24)17)7-23-5-4-19-15(23)9-2-1-3-12(18)21-9/h1-6,8H,7H2. The van der Waals surface area contributed by atoms with Crippen LogP contribution in [0.1, 0.15) is 5.69 Å². The lowest BCUT2D eigenvalue weighted by Gasteiger charge is -2.06. The van der Waals surface area contributed by atoms with Crippen molar-refractivity contribution in [1.82, 2.24) is 28.9 Å². The van der Waals surface area contributed by atoms with E-state index in [0.29, 0.717) is 39.2 Å². The van der Waals surface area contributed by atoms with Crippen molar-refractivity contribution in [2.75, 3.05) is 0 Å². The summed E-state index contributed by atoms with van der Waals surface area (Å²) >= 11 is 9.72. The predicted octanol–water partition coefficient (Wildman–Crippen LogP) is 3.59. The Kier molecular flexibility index (Phi) is 3.78. The molecule has 4 rings (SSSR count). The Morgan fingerprint density at radius 2 is 2.08 bits per heavy atom. The lowest BCUT2D eigenvalue weighted by Crippen LogP contribution is -2.03. The van der Waals surface area contributed by atoms with Crippen LogP contribution in [0.25, 0.3) is 17.2 Å². The van der Waals surface area contributed by atoms with Gasteiger partial charge in [-0.3, -0.25) is 4.40 Å². The summed E-state index contributed by atoms with van der Waals surface area (Å²) in [5.41, 5.74) is 1.75. The van der Waals surface area contributed by atoms with E-state index in [-0.39, 0.29) is 0 Å². The van der Waals surface area contributed by atoms with Crippen molar-refractivity contribution in [3.8, 4) is 11.5 Å². The lowest BCUT2D eigenvalue weighted by atomic mass is 10.3. The second-order valence-electron chi connectivity index (χ2n) is 5.01. The van der Waals surface area contributed by atoms with Crippen LogP contribution in [0.5, 0.6) is 0 Å². The molecule has 9 heteroatoms. The summed E-state index contributed by atoms with van der Waals surface area (Å²) in [7, 11) is 0. The smallest absolute Gasteiger partial charge is 0.213 e. The number of hydrogen-bond donors (Lipinski definition) is 0. The van der Waals surface area contributed by atoms with E-state index in [9.17, 15) is 4.39 Å². The monoisotopic (exact) mass is 406 g/mol. The first-order chi connectivity index (χ1) is 11.6. The summed E-state index contributed by atoms with van der Waals surface area (Å²) in [4.78, 5) is 16.8. The largest absolute Gasteiger partial charge is 0.324 e.